The Morgan fingerprint density at radius 3 is 2.48 bits per heavy atom. The Hall–Kier alpha value is -2.00. The van der Waals surface area contributed by atoms with Crippen LogP contribution in [0.3, 0.4) is 0 Å². The van der Waals surface area contributed by atoms with E-state index in [-0.39, 0.29) is 24.1 Å². The van der Waals surface area contributed by atoms with Crippen LogP contribution in [0.5, 0.6) is 0 Å². The molecule has 9 heteroatoms. The van der Waals surface area contributed by atoms with Crippen molar-refractivity contribution in [3.63, 3.8) is 0 Å². The molecule has 0 heterocycles. The quantitative estimate of drug-likeness (QED) is 0.537. The number of nitro benzene ring substituents is 1. The number of nitrogens with one attached hydrogen (secondary N) is 1. The van der Waals surface area contributed by atoms with Gasteiger partial charge >= 0.3 is 0 Å². The molecule has 25 heavy (non-hydrogen) atoms. The Kier molecular flexibility index (Phi) is 6.49. The molecule has 2 aromatic rings. The fourth-order valence-corrected chi connectivity index (χ4v) is 3.81. The van der Waals surface area contributed by atoms with Gasteiger partial charge in [-0.2, -0.15) is 0 Å². The summed E-state index contributed by atoms with van der Waals surface area (Å²) in [4.78, 5) is 9.87. The highest BCUT2D eigenvalue weighted by Gasteiger charge is 2.27. The molecule has 0 spiro atoms. The SMILES string of the molecule is O=[N+]([O-])c1cc(Cl)ccc1S(=O)(=O)NC[C@H](CCO)c1ccccc1. The summed E-state index contributed by atoms with van der Waals surface area (Å²) >= 11 is 5.71. The first-order valence-electron chi connectivity index (χ1n) is 7.44. The van der Waals surface area contributed by atoms with Crippen molar-refractivity contribution >= 4 is 27.3 Å². The van der Waals surface area contributed by atoms with Gasteiger partial charge in [0.25, 0.3) is 5.69 Å². The van der Waals surface area contributed by atoms with Crippen LogP contribution in [-0.2, 0) is 10.0 Å². The Morgan fingerprint density at radius 1 is 1.20 bits per heavy atom. The number of hydrogen-bond donors (Lipinski definition) is 2. The van der Waals surface area contributed by atoms with E-state index in [2.05, 4.69) is 4.72 Å². The molecule has 0 aliphatic carbocycles. The van der Waals surface area contributed by atoms with Crippen LogP contribution in [0, 0.1) is 10.1 Å². The molecule has 1 atom stereocenters. The highest BCUT2D eigenvalue weighted by molar-refractivity contribution is 7.89. The van der Waals surface area contributed by atoms with Crippen molar-refractivity contribution in [1.29, 1.82) is 0 Å². The van der Waals surface area contributed by atoms with Crippen LogP contribution in [0.25, 0.3) is 0 Å². The van der Waals surface area contributed by atoms with E-state index in [1.807, 2.05) is 30.3 Å². The summed E-state index contributed by atoms with van der Waals surface area (Å²) in [6, 6.07) is 12.5. The highest BCUT2D eigenvalue weighted by Crippen LogP contribution is 2.27. The molecule has 0 aliphatic rings. The van der Waals surface area contributed by atoms with Crippen molar-refractivity contribution in [2.75, 3.05) is 13.2 Å². The van der Waals surface area contributed by atoms with Gasteiger partial charge in [0.2, 0.25) is 10.0 Å². The first-order valence-corrected chi connectivity index (χ1v) is 9.30. The second kappa shape index (κ2) is 8.39. The topological polar surface area (TPSA) is 110 Å². The smallest absolute Gasteiger partial charge is 0.290 e. The zero-order valence-corrected chi connectivity index (χ0v) is 14.7. The Morgan fingerprint density at radius 2 is 1.88 bits per heavy atom. The minimum Gasteiger partial charge on any atom is -0.396 e. The normalized spacial score (nSPS) is 12.7. The van der Waals surface area contributed by atoms with Crippen LogP contribution in [-0.4, -0.2) is 31.6 Å². The molecule has 0 unspecified atom stereocenters. The molecule has 2 N–H and O–H groups in total. The molecule has 0 amide bonds. The average Bonchev–Trinajstić information content (AvgIpc) is 2.59. The molecule has 0 bridgehead atoms. The van der Waals surface area contributed by atoms with Gasteiger partial charge in [0.1, 0.15) is 0 Å². The largest absolute Gasteiger partial charge is 0.396 e. The van der Waals surface area contributed by atoms with Crippen molar-refractivity contribution in [2.24, 2.45) is 0 Å². The lowest BCUT2D eigenvalue weighted by atomic mass is 9.96. The van der Waals surface area contributed by atoms with E-state index < -0.39 is 25.5 Å². The van der Waals surface area contributed by atoms with Crippen molar-refractivity contribution in [2.45, 2.75) is 17.2 Å². The summed E-state index contributed by atoms with van der Waals surface area (Å²) in [5.74, 6) is -0.257. The minimum atomic E-state index is -4.11. The molecule has 0 saturated heterocycles. The lowest BCUT2D eigenvalue weighted by molar-refractivity contribution is -0.387. The van der Waals surface area contributed by atoms with Crippen LogP contribution in [0.4, 0.5) is 5.69 Å². The van der Waals surface area contributed by atoms with Gasteiger partial charge in [-0.3, -0.25) is 10.1 Å². The van der Waals surface area contributed by atoms with Crippen molar-refractivity contribution < 1.29 is 18.4 Å². The summed E-state index contributed by atoms with van der Waals surface area (Å²) in [6.45, 7) is -0.102. The third-order valence-corrected chi connectivity index (χ3v) is 5.38. The fraction of sp³-hybridized carbons (Fsp3) is 0.250. The molecule has 0 aliphatic heterocycles. The third-order valence-electron chi connectivity index (χ3n) is 3.68. The van der Waals surface area contributed by atoms with Gasteiger partial charge in [0.15, 0.2) is 4.90 Å². The number of nitro groups is 1. The summed E-state index contributed by atoms with van der Waals surface area (Å²) in [6.07, 6.45) is 0.356. The predicted molar refractivity (Wildman–Crippen MR) is 94.2 cm³/mol. The Balaban J connectivity index is 2.25. The first kappa shape index (κ1) is 19.3. The molecule has 2 rings (SSSR count). The van der Waals surface area contributed by atoms with E-state index in [9.17, 15) is 23.6 Å². The molecule has 0 fully saturated rings. The van der Waals surface area contributed by atoms with E-state index in [0.717, 1.165) is 17.7 Å². The van der Waals surface area contributed by atoms with E-state index in [1.54, 1.807) is 0 Å². The zero-order valence-electron chi connectivity index (χ0n) is 13.1. The predicted octanol–water partition coefficient (Wildman–Crippen LogP) is 2.69. The van der Waals surface area contributed by atoms with Gasteiger partial charge in [0, 0.05) is 24.2 Å². The number of benzene rings is 2. The van der Waals surface area contributed by atoms with Gasteiger partial charge in [0.05, 0.1) is 4.92 Å². The van der Waals surface area contributed by atoms with Crippen LogP contribution in [0.1, 0.15) is 17.9 Å². The number of aliphatic hydroxyl groups excluding tert-OH is 1. The summed E-state index contributed by atoms with van der Waals surface area (Å²) in [5, 5.41) is 20.4. The summed E-state index contributed by atoms with van der Waals surface area (Å²) in [7, 11) is -4.11. The van der Waals surface area contributed by atoms with Gasteiger partial charge in [-0.25, -0.2) is 13.1 Å². The van der Waals surface area contributed by atoms with Crippen LogP contribution >= 0.6 is 11.6 Å². The molecule has 0 aromatic heterocycles. The molecule has 0 radical (unpaired) electrons. The number of sulfonamides is 1. The molecule has 0 saturated carbocycles. The van der Waals surface area contributed by atoms with Crippen molar-refractivity contribution in [3.8, 4) is 0 Å². The first-order chi connectivity index (χ1) is 11.8. The maximum Gasteiger partial charge on any atom is 0.290 e. The van der Waals surface area contributed by atoms with Crippen LogP contribution in [0.2, 0.25) is 5.02 Å². The Labute approximate surface area is 150 Å². The standard InChI is InChI=1S/C16H17ClN2O5S/c17-14-6-7-16(15(10-14)19(21)22)25(23,24)18-11-13(8-9-20)12-4-2-1-3-5-12/h1-7,10,13,18,20H,8-9,11H2/t13-/m0/s1. The van der Waals surface area contributed by atoms with Gasteiger partial charge in [-0.1, -0.05) is 41.9 Å². The maximum atomic E-state index is 12.5. The number of nitrogens with zero attached hydrogens (tertiary/aromatic N) is 1. The summed E-state index contributed by atoms with van der Waals surface area (Å²) < 4.78 is 27.4. The summed E-state index contributed by atoms with van der Waals surface area (Å²) in [5.41, 5.74) is 0.281. The lowest BCUT2D eigenvalue weighted by Crippen LogP contribution is -2.29. The molecule has 7 nitrogen and oxygen atoms in total. The maximum absolute atomic E-state index is 12.5. The van der Waals surface area contributed by atoms with Gasteiger partial charge < -0.3 is 5.11 Å². The van der Waals surface area contributed by atoms with Crippen molar-refractivity contribution in [3.05, 3.63) is 69.2 Å². The number of rotatable bonds is 8. The van der Waals surface area contributed by atoms with E-state index in [0.29, 0.717) is 6.42 Å². The molecule has 134 valence electrons. The second-order valence-electron chi connectivity index (χ2n) is 5.34. The van der Waals surface area contributed by atoms with Gasteiger partial charge in [-0.15, -0.1) is 0 Å². The van der Waals surface area contributed by atoms with Crippen LogP contribution < -0.4 is 4.72 Å². The molecular formula is C16H17ClN2O5S. The third kappa shape index (κ3) is 4.99. The van der Waals surface area contributed by atoms with E-state index in [4.69, 9.17) is 11.6 Å². The van der Waals surface area contributed by atoms with Crippen molar-refractivity contribution in [1.82, 2.24) is 4.72 Å². The van der Waals surface area contributed by atoms with Gasteiger partial charge in [-0.05, 0) is 30.0 Å². The monoisotopic (exact) mass is 384 g/mol. The minimum absolute atomic E-state index is 0.00663. The number of hydrogen-bond acceptors (Lipinski definition) is 5. The number of aliphatic hydroxyl groups is 1. The Bertz CT molecular complexity index is 843. The van der Waals surface area contributed by atoms with E-state index in [1.165, 1.54) is 6.07 Å². The average molecular weight is 385 g/mol. The van der Waals surface area contributed by atoms with E-state index >= 15 is 0 Å². The second-order valence-corrected chi connectivity index (χ2v) is 7.51. The van der Waals surface area contributed by atoms with Crippen LogP contribution in [0.15, 0.2) is 53.4 Å². The lowest BCUT2D eigenvalue weighted by Gasteiger charge is -2.17. The molecule has 2 aromatic carbocycles. The highest BCUT2D eigenvalue weighted by atomic mass is 35.5. The zero-order chi connectivity index (χ0) is 18.4. The molecular weight excluding hydrogens is 368 g/mol. The fourth-order valence-electron chi connectivity index (χ4n) is 2.42. The number of halogens is 1.